The second-order valence-electron chi connectivity index (χ2n) is 5.48. The molecule has 2 rings (SSSR count). The van der Waals surface area contributed by atoms with Crippen LogP contribution in [0.5, 0.6) is 0 Å². The standard InChI is InChI=1S/C14H21ClN2O3S/c1-9-13(15)7-12(8-14(9)16)21(18,19)17-10(2)11-3-5-20-6-4-11/h7-8,10-11,17H,3-6,16H2,1-2H3. The van der Waals surface area contributed by atoms with Crippen LogP contribution in [0.3, 0.4) is 0 Å². The zero-order valence-corrected chi connectivity index (χ0v) is 13.8. The van der Waals surface area contributed by atoms with E-state index in [9.17, 15) is 8.42 Å². The lowest BCUT2D eigenvalue weighted by atomic mass is 9.94. The van der Waals surface area contributed by atoms with Gasteiger partial charge in [0.25, 0.3) is 0 Å². The topological polar surface area (TPSA) is 81.4 Å². The number of ether oxygens (including phenoxy) is 1. The summed E-state index contributed by atoms with van der Waals surface area (Å²) in [4.78, 5) is 0.106. The van der Waals surface area contributed by atoms with E-state index < -0.39 is 10.0 Å². The van der Waals surface area contributed by atoms with Gasteiger partial charge in [0, 0.05) is 30.0 Å². The minimum absolute atomic E-state index is 0.106. The fourth-order valence-electron chi connectivity index (χ4n) is 2.45. The minimum Gasteiger partial charge on any atom is -0.398 e. The van der Waals surface area contributed by atoms with Crippen LogP contribution >= 0.6 is 11.6 Å². The summed E-state index contributed by atoms with van der Waals surface area (Å²) in [5.41, 5.74) is 6.86. The summed E-state index contributed by atoms with van der Waals surface area (Å²) in [6, 6.07) is 2.73. The van der Waals surface area contributed by atoms with Crippen molar-refractivity contribution in [2.75, 3.05) is 18.9 Å². The maximum Gasteiger partial charge on any atom is 0.240 e. The van der Waals surface area contributed by atoms with Gasteiger partial charge >= 0.3 is 0 Å². The highest BCUT2D eigenvalue weighted by Crippen LogP contribution is 2.27. The Morgan fingerprint density at radius 3 is 2.57 bits per heavy atom. The van der Waals surface area contributed by atoms with Gasteiger partial charge in [-0.25, -0.2) is 13.1 Å². The summed E-state index contributed by atoms with van der Waals surface area (Å²) in [6.07, 6.45) is 1.72. The molecule has 1 unspecified atom stereocenters. The lowest BCUT2D eigenvalue weighted by Crippen LogP contribution is -2.40. The van der Waals surface area contributed by atoms with Crippen LogP contribution in [-0.2, 0) is 14.8 Å². The molecule has 1 aromatic carbocycles. The Labute approximate surface area is 130 Å². The number of anilines is 1. The van der Waals surface area contributed by atoms with Crippen LogP contribution in [0.2, 0.25) is 5.02 Å². The molecule has 7 heteroatoms. The third kappa shape index (κ3) is 3.88. The molecule has 0 saturated carbocycles. The van der Waals surface area contributed by atoms with Crippen LogP contribution in [0, 0.1) is 12.8 Å². The molecule has 0 aliphatic carbocycles. The van der Waals surface area contributed by atoms with Crippen molar-refractivity contribution in [3.8, 4) is 0 Å². The fourth-order valence-corrected chi connectivity index (χ4v) is 4.12. The van der Waals surface area contributed by atoms with Crippen LogP contribution < -0.4 is 10.5 Å². The highest BCUT2D eigenvalue weighted by Gasteiger charge is 2.26. The Hall–Kier alpha value is -0.820. The number of rotatable bonds is 4. The highest BCUT2D eigenvalue weighted by molar-refractivity contribution is 7.89. The lowest BCUT2D eigenvalue weighted by Gasteiger charge is -2.28. The molecule has 0 spiro atoms. The summed E-state index contributed by atoms with van der Waals surface area (Å²) in [6.45, 7) is 5.00. The van der Waals surface area contributed by atoms with E-state index in [2.05, 4.69) is 4.72 Å². The molecule has 5 nitrogen and oxygen atoms in total. The number of nitrogens with one attached hydrogen (secondary N) is 1. The lowest BCUT2D eigenvalue weighted by molar-refractivity contribution is 0.0585. The van der Waals surface area contributed by atoms with Crippen molar-refractivity contribution >= 4 is 27.3 Å². The Balaban J connectivity index is 2.18. The second-order valence-corrected chi connectivity index (χ2v) is 7.60. The minimum atomic E-state index is -3.63. The monoisotopic (exact) mass is 332 g/mol. The maximum absolute atomic E-state index is 12.4. The number of nitrogen functional groups attached to an aromatic ring is 1. The number of halogens is 1. The molecule has 3 N–H and O–H groups in total. The molecule has 1 aromatic rings. The van der Waals surface area contributed by atoms with Crippen molar-refractivity contribution in [3.05, 3.63) is 22.7 Å². The zero-order chi connectivity index (χ0) is 15.6. The Bertz CT molecular complexity index is 590. The van der Waals surface area contributed by atoms with Crippen molar-refractivity contribution in [2.24, 2.45) is 5.92 Å². The first kappa shape index (κ1) is 16.5. The molecule has 0 aromatic heterocycles. The molecule has 0 radical (unpaired) electrons. The van der Waals surface area contributed by atoms with E-state index in [1.54, 1.807) is 6.92 Å². The van der Waals surface area contributed by atoms with Gasteiger partial charge in [-0.15, -0.1) is 0 Å². The van der Waals surface area contributed by atoms with Gasteiger partial charge in [0.05, 0.1) is 4.90 Å². The Morgan fingerprint density at radius 1 is 1.38 bits per heavy atom. The van der Waals surface area contributed by atoms with Crippen molar-refractivity contribution in [2.45, 2.75) is 37.6 Å². The van der Waals surface area contributed by atoms with Crippen LogP contribution in [0.4, 0.5) is 5.69 Å². The van der Waals surface area contributed by atoms with Gasteiger partial charge in [0.15, 0.2) is 0 Å². The molecule has 1 aliphatic rings. The normalized spacial score (nSPS) is 18.6. The van der Waals surface area contributed by atoms with Crippen molar-refractivity contribution < 1.29 is 13.2 Å². The maximum atomic E-state index is 12.4. The summed E-state index contributed by atoms with van der Waals surface area (Å²) < 4.78 is 32.9. The smallest absolute Gasteiger partial charge is 0.240 e. The van der Waals surface area contributed by atoms with Gasteiger partial charge in [-0.2, -0.15) is 0 Å². The number of sulfonamides is 1. The second kappa shape index (κ2) is 6.52. The van der Waals surface area contributed by atoms with Gasteiger partial charge < -0.3 is 10.5 Å². The molecule has 1 saturated heterocycles. The van der Waals surface area contributed by atoms with E-state index in [1.165, 1.54) is 12.1 Å². The number of nitrogens with two attached hydrogens (primary N) is 1. The van der Waals surface area contributed by atoms with Gasteiger partial charge in [0.1, 0.15) is 0 Å². The summed E-state index contributed by atoms with van der Waals surface area (Å²) >= 11 is 6.02. The van der Waals surface area contributed by atoms with E-state index in [0.29, 0.717) is 29.5 Å². The van der Waals surface area contributed by atoms with Crippen molar-refractivity contribution in [3.63, 3.8) is 0 Å². The van der Waals surface area contributed by atoms with Gasteiger partial charge in [-0.1, -0.05) is 11.6 Å². The first-order valence-electron chi connectivity index (χ1n) is 6.97. The molecule has 1 heterocycles. The molecule has 1 fully saturated rings. The molecule has 1 aliphatic heterocycles. The van der Waals surface area contributed by atoms with E-state index >= 15 is 0 Å². The molecule has 0 bridgehead atoms. The van der Waals surface area contributed by atoms with Crippen LogP contribution in [0.15, 0.2) is 17.0 Å². The summed E-state index contributed by atoms with van der Waals surface area (Å²) in [7, 11) is -3.63. The van der Waals surface area contributed by atoms with E-state index in [0.717, 1.165) is 12.8 Å². The average Bonchev–Trinajstić information content (AvgIpc) is 2.44. The first-order valence-corrected chi connectivity index (χ1v) is 8.83. The molecule has 1 atom stereocenters. The van der Waals surface area contributed by atoms with E-state index in [4.69, 9.17) is 22.1 Å². The molecule has 118 valence electrons. The predicted molar refractivity (Wildman–Crippen MR) is 83.9 cm³/mol. The van der Waals surface area contributed by atoms with E-state index in [-0.39, 0.29) is 16.9 Å². The summed E-state index contributed by atoms with van der Waals surface area (Å²) in [5, 5.41) is 0.356. The SMILES string of the molecule is Cc1c(N)cc(S(=O)(=O)NC(C)C2CCOCC2)cc1Cl. The third-order valence-electron chi connectivity index (χ3n) is 3.98. The predicted octanol–water partition coefficient (Wildman–Crippen LogP) is 2.32. The molecule has 21 heavy (non-hydrogen) atoms. The van der Waals surface area contributed by atoms with Gasteiger partial charge in [0.2, 0.25) is 10.0 Å². The van der Waals surface area contributed by atoms with E-state index in [1.807, 2.05) is 6.92 Å². The van der Waals surface area contributed by atoms with Crippen molar-refractivity contribution in [1.29, 1.82) is 0 Å². The van der Waals surface area contributed by atoms with Gasteiger partial charge in [-0.3, -0.25) is 0 Å². The summed E-state index contributed by atoms with van der Waals surface area (Å²) in [5.74, 6) is 0.284. The van der Waals surface area contributed by atoms with Crippen molar-refractivity contribution in [1.82, 2.24) is 4.72 Å². The van der Waals surface area contributed by atoms with Crippen LogP contribution in [0.25, 0.3) is 0 Å². The largest absolute Gasteiger partial charge is 0.398 e. The van der Waals surface area contributed by atoms with Crippen LogP contribution in [0.1, 0.15) is 25.3 Å². The number of hydrogen-bond acceptors (Lipinski definition) is 4. The molecular formula is C14H21ClN2O3S. The number of hydrogen-bond donors (Lipinski definition) is 2. The first-order chi connectivity index (χ1) is 9.81. The quantitative estimate of drug-likeness (QED) is 0.829. The van der Waals surface area contributed by atoms with Crippen LogP contribution in [-0.4, -0.2) is 27.7 Å². The zero-order valence-electron chi connectivity index (χ0n) is 12.2. The van der Waals surface area contributed by atoms with Gasteiger partial charge in [-0.05, 0) is 50.3 Å². The Morgan fingerprint density at radius 2 is 2.00 bits per heavy atom. The Kier molecular flexibility index (Phi) is 5.14. The number of benzene rings is 1. The highest BCUT2D eigenvalue weighted by atomic mass is 35.5. The third-order valence-corrected chi connectivity index (χ3v) is 5.91. The fraction of sp³-hybridized carbons (Fsp3) is 0.571. The average molecular weight is 333 g/mol. The molecule has 0 amide bonds. The molecular weight excluding hydrogens is 312 g/mol.